The Hall–Kier alpha value is -1.23. The van der Waals surface area contributed by atoms with Crippen LogP contribution < -0.4 is 0 Å². The van der Waals surface area contributed by atoms with Crippen molar-refractivity contribution in [2.45, 2.75) is 39.2 Å². The maximum Gasteiger partial charge on any atom is 0.184 e. The topological polar surface area (TPSA) is 20.7 Å². The molecule has 0 saturated heterocycles. The number of halogens is 2. The molecule has 1 heterocycles. The number of benzene rings is 1. The van der Waals surface area contributed by atoms with Crippen molar-refractivity contribution in [2.24, 2.45) is 5.41 Å². The molecule has 0 aliphatic heterocycles. The number of hydrogen-bond acceptors (Lipinski definition) is 1. The van der Waals surface area contributed by atoms with Crippen LogP contribution in [0.5, 0.6) is 0 Å². The molecule has 1 atom stereocenters. The molecule has 0 amide bonds. The highest BCUT2D eigenvalue weighted by atomic mass is 32.1. The van der Waals surface area contributed by atoms with Gasteiger partial charge >= 0.3 is 0 Å². The molecular weight excluding hydrogens is 266 g/mol. The van der Waals surface area contributed by atoms with Gasteiger partial charge in [0.2, 0.25) is 0 Å². The summed E-state index contributed by atoms with van der Waals surface area (Å²) in [5, 5.41) is 0. The van der Waals surface area contributed by atoms with Crippen LogP contribution in [0.1, 0.15) is 39.2 Å². The molecule has 1 aromatic heterocycles. The largest absolute Gasteiger partial charge is 0.330 e. The second kappa shape index (κ2) is 4.13. The van der Waals surface area contributed by atoms with Gasteiger partial charge in [-0.15, -0.1) is 0 Å². The van der Waals surface area contributed by atoms with Crippen molar-refractivity contribution in [1.29, 1.82) is 0 Å². The van der Waals surface area contributed by atoms with Crippen molar-refractivity contribution in [3.8, 4) is 0 Å². The van der Waals surface area contributed by atoms with Crippen molar-refractivity contribution in [3.05, 3.63) is 28.5 Å². The molecule has 1 fully saturated rings. The molecule has 19 heavy (non-hydrogen) atoms. The molecule has 2 aromatic rings. The lowest BCUT2D eigenvalue weighted by Gasteiger charge is -2.18. The van der Waals surface area contributed by atoms with Gasteiger partial charge in [0.05, 0.1) is 5.52 Å². The molecule has 1 aliphatic carbocycles. The zero-order valence-electron chi connectivity index (χ0n) is 11.0. The third-order valence-electron chi connectivity index (χ3n) is 4.08. The second-order valence-electron chi connectivity index (χ2n) is 6.12. The maximum atomic E-state index is 14.1. The molecule has 1 unspecified atom stereocenters. The fourth-order valence-electron chi connectivity index (χ4n) is 3.12. The first-order chi connectivity index (χ1) is 8.89. The van der Waals surface area contributed by atoms with Crippen LogP contribution in [0.4, 0.5) is 8.78 Å². The van der Waals surface area contributed by atoms with E-state index < -0.39 is 11.6 Å². The zero-order chi connectivity index (χ0) is 13.8. The van der Waals surface area contributed by atoms with E-state index in [9.17, 15) is 8.78 Å². The molecule has 1 N–H and O–H groups in total. The van der Waals surface area contributed by atoms with E-state index in [1.165, 1.54) is 0 Å². The number of aromatic nitrogens is 2. The van der Waals surface area contributed by atoms with E-state index in [1.54, 1.807) is 10.6 Å². The number of rotatable bonds is 1. The van der Waals surface area contributed by atoms with Gasteiger partial charge in [-0.25, -0.2) is 8.78 Å². The van der Waals surface area contributed by atoms with Gasteiger partial charge in [-0.3, -0.25) is 0 Å². The zero-order valence-corrected chi connectivity index (χ0v) is 11.8. The molecule has 0 spiro atoms. The summed E-state index contributed by atoms with van der Waals surface area (Å²) < 4.78 is 29.7. The van der Waals surface area contributed by atoms with Gasteiger partial charge in [0.25, 0.3) is 0 Å². The average molecular weight is 282 g/mol. The van der Waals surface area contributed by atoms with E-state index in [4.69, 9.17) is 12.2 Å². The quantitative estimate of drug-likeness (QED) is 0.750. The number of fused-ring (bicyclic) bond motifs is 1. The van der Waals surface area contributed by atoms with Crippen LogP contribution in [0.15, 0.2) is 12.1 Å². The molecular formula is C14H16F2N2S. The standard InChI is InChI=1S/C14H16F2N2S/c1-14(2)6-5-8(7-14)18-12-10(17-13(18)19)4-3-9(15)11(12)16/h3-4,8H,5-7H2,1-2H3,(H,17,19). The summed E-state index contributed by atoms with van der Waals surface area (Å²) in [5.41, 5.74) is 1.06. The van der Waals surface area contributed by atoms with Crippen molar-refractivity contribution < 1.29 is 8.78 Å². The molecule has 0 radical (unpaired) electrons. The fourth-order valence-corrected chi connectivity index (χ4v) is 3.47. The van der Waals surface area contributed by atoms with Gasteiger partial charge in [-0.05, 0) is 49.0 Å². The Balaban J connectivity index is 2.21. The van der Waals surface area contributed by atoms with Gasteiger partial charge in [0, 0.05) is 6.04 Å². The average Bonchev–Trinajstić information content (AvgIpc) is 2.84. The van der Waals surface area contributed by atoms with Crippen LogP contribution in [0.2, 0.25) is 0 Å². The summed E-state index contributed by atoms with van der Waals surface area (Å²) in [4.78, 5) is 2.97. The number of imidazole rings is 1. The Labute approximate surface area is 115 Å². The summed E-state index contributed by atoms with van der Waals surface area (Å²) >= 11 is 5.29. The Morgan fingerprint density at radius 3 is 2.74 bits per heavy atom. The molecule has 0 bridgehead atoms. The number of nitrogens with one attached hydrogen (secondary N) is 1. The van der Waals surface area contributed by atoms with Crippen LogP contribution in [0, 0.1) is 21.8 Å². The van der Waals surface area contributed by atoms with Crippen molar-refractivity contribution in [1.82, 2.24) is 9.55 Å². The predicted molar refractivity (Wildman–Crippen MR) is 73.7 cm³/mol. The summed E-state index contributed by atoms with van der Waals surface area (Å²) in [6.07, 6.45) is 2.96. The second-order valence-corrected chi connectivity index (χ2v) is 6.51. The van der Waals surface area contributed by atoms with Crippen LogP contribution in [0.25, 0.3) is 11.0 Å². The van der Waals surface area contributed by atoms with Gasteiger partial charge in [-0.1, -0.05) is 13.8 Å². The highest BCUT2D eigenvalue weighted by Crippen LogP contribution is 2.44. The number of hydrogen-bond donors (Lipinski definition) is 1. The van der Waals surface area contributed by atoms with Gasteiger partial charge in [-0.2, -0.15) is 0 Å². The lowest BCUT2D eigenvalue weighted by molar-refractivity contribution is 0.359. The molecule has 3 rings (SSSR count). The van der Waals surface area contributed by atoms with E-state index in [1.807, 2.05) is 0 Å². The SMILES string of the molecule is CC1(C)CCC(n2c(=S)[nH]c3ccc(F)c(F)c32)C1. The molecule has 1 aromatic carbocycles. The summed E-state index contributed by atoms with van der Waals surface area (Å²) in [5.74, 6) is -1.64. The molecule has 5 heteroatoms. The van der Waals surface area contributed by atoms with Crippen LogP contribution >= 0.6 is 12.2 Å². The minimum Gasteiger partial charge on any atom is -0.330 e. The van der Waals surface area contributed by atoms with Crippen molar-refractivity contribution in [3.63, 3.8) is 0 Å². The number of aromatic amines is 1. The first-order valence-electron chi connectivity index (χ1n) is 6.47. The smallest absolute Gasteiger partial charge is 0.184 e. The van der Waals surface area contributed by atoms with E-state index in [0.717, 1.165) is 25.3 Å². The maximum absolute atomic E-state index is 14.1. The monoisotopic (exact) mass is 282 g/mol. The van der Waals surface area contributed by atoms with Gasteiger partial charge < -0.3 is 9.55 Å². The number of H-pyrrole nitrogens is 1. The molecule has 2 nitrogen and oxygen atoms in total. The van der Waals surface area contributed by atoms with Crippen molar-refractivity contribution in [2.75, 3.05) is 0 Å². The first-order valence-corrected chi connectivity index (χ1v) is 6.88. The van der Waals surface area contributed by atoms with Crippen LogP contribution in [0.3, 0.4) is 0 Å². The third-order valence-corrected chi connectivity index (χ3v) is 4.38. The molecule has 1 aliphatic rings. The molecule has 1 saturated carbocycles. The Morgan fingerprint density at radius 1 is 1.37 bits per heavy atom. The van der Waals surface area contributed by atoms with E-state index in [2.05, 4.69) is 18.8 Å². The Morgan fingerprint density at radius 2 is 2.11 bits per heavy atom. The highest BCUT2D eigenvalue weighted by Gasteiger charge is 2.33. The summed E-state index contributed by atoms with van der Waals surface area (Å²) in [6, 6.07) is 2.82. The van der Waals surface area contributed by atoms with E-state index >= 15 is 0 Å². The fraction of sp³-hybridized carbons (Fsp3) is 0.500. The van der Waals surface area contributed by atoms with Gasteiger partial charge in [0.15, 0.2) is 16.4 Å². The summed E-state index contributed by atoms with van der Waals surface area (Å²) in [7, 11) is 0. The molecule has 102 valence electrons. The predicted octanol–water partition coefficient (Wildman–Crippen LogP) is 4.73. The minimum atomic E-state index is -0.826. The minimum absolute atomic E-state index is 0.146. The number of nitrogens with zero attached hydrogens (tertiary/aromatic N) is 1. The van der Waals surface area contributed by atoms with Crippen LogP contribution in [-0.2, 0) is 0 Å². The lowest BCUT2D eigenvalue weighted by Crippen LogP contribution is -2.10. The van der Waals surface area contributed by atoms with E-state index in [-0.39, 0.29) is 17.0 Å². The lowest BCUT2D eigenvalue weighted by atomic mass is 9.92. The van der Waals surface area contributed by atoms with Crippen LogP contribution in [-0.4, -0.2) is 9.55 Å². The van der Waals surface area contributed by atoms with E-state index in [0.29, 0.717) is 10.3 Å². The normalized spacial score (nSPS) is 22.2. The van der Waals surface area contributed by atoms with Crippen molar-refractivity contribution >= 4 is 23.3 Å². The summed E-state index contributed by atoms with van der Waals surface area (Å²) in [6.45, 7) is 4.39. The Bertz CT molecular complexity index is 699. The highest BCUT2D eigenvalue weighted by molar-refractivity contribution is 7.71. The Kier molecular flexibility index (Phi) is 2.78. The third kappa shape index (κ3) is 2.00. The van der Waals surface area contributed by atoms with Gasteiger partial charge in [0.1, 0.15) is 5.52 Å². The first kappa shape index (κ1) is 12.8.